The standard InChI is InChI=1S/C16H29N3O5S/c1-10(2)7-13(16(24)19-14(8-20)11(3)22)18-15(23)12(17-9-21)5-6-25-4/h9-10,12-14,20H,5-8H2,1-4H3,(H,17,21)(H,18,23)(H,19,24). The lowest BCUT2D eigenvalue weighted by molar-refractivity contribution is -0.133. The zero-order valence-corrected chi connectivity index (χ0v) is 16.0. The van der Waals surface area contributed by atoms with Crippen molar-refractivity contribution in [2.75, 3.05) is 18.6 Å². The number of carbonyl (C=O) groups excluding carboxylic acids is 4. The second-order valence-corrected chi connectivity index (χ2v) is 7.15. The smallest absolute Gasteiger partial charge is 0.243 e. The molecule has 0 aliphatic carbocycles. The van der Waals surface area contributed by atoms with Gasteiger partial charge >= 0.3 is 0 Å². The molecule has 0 bridgehead atoms. The number of ketones is 1. The number of amides is 3. The number of aliphatic hydroxyl groups is 1. The molecule has 3 atom stereocenters. The van der Waals surface area contributed by atoms with E-state index in [4.69, 9.17) is 0 Å². The van der Waals surface area contributed by atoms with Gasteiger partial charge in [-0.15, -0.1) is 0 Å². The van der Waals surface area contributed by atoms with Crippen molar-refractivity contribution in [1.82, 2.24) is 16.0 Å². The van der Waals surface area contributed by atoms with E-state index in [1.54, 1.807) is 11.8 Å². The van der Waals surface area contributed by atoms with Gasteiger partial charge in [0, 0.05) is 0 Å². The Morgan fingerprint density at radius 1 is 1.08 bits per heavy atom. The minimum atomic E-state index is -1.00. The number of hydrogen-bond acceptors (Lipinski definition) is 6. The van der Waals surface area contributed by atoms with E-state index in [-0.39, 0.29) is 11.7 Å². The molecule has 0 fully saturated rings. The highest BCUT2D eigenvalue weighted by Crippen LogP contribution is 2.07. The summed E-state index contributed by atoms with van der Waals surface area (Å²) >= 11 is 1.54. The molecule has 0 saturated carbocycles. The quantitative estimate of drug-likeness (QED) is 0.320. The highest BCUT2D eigenvalue weighted by Gasteiger charge is 2.28. The molecule has 144 valence electrons. The molecule has 0 heterocycles. The fourth-order valence-corrected chi connectivity index (χ4v) is 2.60. The fourth-order valence-electron chi connectivity index (χ4n) is 2.13. The molecule has 0 saturated heterocycles. The Kier molecular flexibility index (Phi) is 11.9. The summed E-state index contributed by atoms with van der Waals surface area (Å²) in [4.78, 5) is 46.9. The molecular formula is C16H29N3O5S. The van der Waals surface area contributed by atoms with Crippen LogP contribution < -0.4 is 16.0 Å². The Morgan fingerprint density at radius 3 is 2.08 bits per heavy atom. The summed E-state index contributed by atoms with van der Waals surface area (Å²) < 4.78 is 0. The first-order valence-corrected chi connectivity index (χ1v) is 9.56. The van der Waals surface area contributed by atoms with Crippen molar-refractivity contribution in [1.29, 1.82) is 0 Å². The normalized spacial score (nSPS) is 14.3. The third-order valence-electron chi connectivity index (χ3n) is 3.53. The number of Topliss-reactive ketones (excluding diaryl/α,β-unsaturated/α-hetero) is 1. The zero-order chi connectivity index (χ0) is 19.4. The van der Waals surface area contributed by atoms with Gasteiger partial charge in [-0.1, -0.05) is 13.8 Å². The molecule has 0 aromatic carbocycles. The molecule has 0 radical (unpaired) electrons. The van der Waals surface area contributed by atoms with Gasteiger partial charge in [-0.3, -0.25) is 19.2 Å². The summed E-state index contributed by atoms with van der Waals surface area (Å²) in [6.07, 6.45) is 3.15. The first-order chi connectivity index (χ1) is 11.8. The van der Waals surface area contributed by atoms with Crippen molar-refractivity contribution in [2.45, 2.75) is 51.7 Å². The van der Waals surface area contributed by atoms with Gasteiger partial charge in [0.1, 0.15) is 18.1 Å². The van der Waals surface area contributed by atoms with Crippen LogP contribution in [0.4, 0.5) is 0 Å². The van der Waals surface area contributed by atoms with Gasteiger partial charge in [-0.2, -0.15) is 11.8 Å². The summed E-state index contributed by atoms with van der Waals surface area (Å²) in [5, 5.41) is 16.7. The van der Waals surface area contributed by atoms with Crippen molar-refractivity contribution in [2.24, 2.45) is 5.92 Å². The lowest BCUT2D eigenvalue weighted by atomic mass is 10.0. The van der Waals surface area contributed by atoms with E-state index in [1.807, 2.05) is 20.1 Å². The molecule has 0 spiro atoms. The van der Waals surface area contributed by atoms with Gasteiger partial charge in [0.05, 0.1) is 6.61 Å². The fraction of sp³-hybridized carbons (Fsp3) is 0.750. The van der Waals surface area contributed by atoms with Crippen molar-refractivity contribution in [3.05, 3.63) is 0 Å². The SMILES string of the molecule is CSCCC(NC=O)C(=O)NC(CC(C)C)C(=O)NC(CO)C(C)=O. The van der Waals surface area contributed by atoms with Gasteiger partial charge in [-0.25, -0.2) is 0 Å². The van der Waals surface area contributed by atoms with E-state index in [0.29, 0.717) is 25.0 Å². The van der Waals surface area contributed by atoms with Crippen molar-refractivity contribution < 1.29 is 24.3 Å². The van der Waals surface area contributed by atoms with E-state index in [0.717, 1.165) is 0 Å². The monoisotopic (exact) mass is 375 g/mol. The third kappa shape index (κ3) is 9.45. The molecular weight excluding hydrogens is 346 g/mol. The van der Waals surface area contributed by atoms with Crippen LogP contribution in [0.25, 0.3) is 0 Å². The third-order valence-corrected chi connectivity index (χ3v) is 4.17. The first kappa shape index (κ1) is 23.4. The largest absolute Gasteiger partial charge is 0.394 e. The van der Waals surface area contributed by atoms with E-state index in [1.165, 1.54) is 6.92 Å². The summed E-state index contributed by atoms with van der Waals surface area (Å²) in [5.74, 6) is -0.566. The molecule has 25 heavy (non-hydrogen) atoms. The summed E-state index contributed by atoms with van der Waals surface area (Å²) in [6, 6.07) is -2.58. The average Bonchev–Trinajstić information content (AvgIpc) is 2.54. The topological polar surface area (TPSA) is 125 Å². The van der Waals surface area contributed by atoms with Gasteiger partial charge in [-0.05, 0) is 37.7 Å². The minimum absolute atomic E-state index is 0.115. The van der Waals surface area contributed by atoms with Crippen LogP contribution in [0.2, 0.25) is 0 Å². The van der Waals surface area contributed by atoms with Crippen LogP contribution in [0.1, 0.15) is 33.6 Å². The maximum atomic E-state index is 12.4. The second-order valence-electron chi connectivity index (χ2n) is 6.16. The molecule has 3 unspecified atom stereocenters. The van der Waals surface area contributed by atoms with Gasteiger partial charge in [0.25, 0.3) is 0 Å². The zero-order valence-electron chi connectivity index (χ0n) is 15.2. The Labute approximate surface area is 152 Å². The number of rotatable bonds is 13. The van der Waals surface area contributed by atoms with Crippen LogP contribution >= 0.6 is 11.8 Å². The van der Waals surface area contributed by atoms with Gasteiger partial charge in [0.15, 0.2) is 5.78 Å². The molecule has 9 heteroatoms. The highest BCUT2D eigenvalue weighted by molar-refractivity contribution is 7.98. The molecule has 0 aliphatic heterocycles. The second kappa shape index (κ2) is 12.7. The minimum Gasteiger partial charge on any atom is -0.394 e. The number of hydrogen-bond donors (Lipinski definition) is 4. The van der Waals surface area contributed by atoms with Crippen LogP contribution in [0.3, 0.4) is 0 Å². The van der Waals surface area contributed by atoms with Gasteiger partial charge < -0.3 is 21.1 Å². The van der Waals surface area contributed by atoms with Crippen LogP contribution in [-0.4, -0.2) is 65.9 Å². The average molecular weight is 375 g/mol. The Bertz CT molecular complexity index is 459. The van der Waals surface area contributed by atoms with E-state index in [2.05, 4.69) is 16.0 Å². The molecule has 4 N–H and O–H groups in total. The number of aliphatic hydroxyl groups excluding tert-OH is 1. The van der Waals surface area contributed by atoms with E-state index < -0.39 is 36.5 Å². The van der Waals surface area contributed by atoms with Crippen LogP contribution in [0.15, 0.2) is 0 Å². The highest BCUT2D eigenvalue weighted by atomic mass is 32.2. The van der Waals surface area contributed by atoms with Gasteiger partial charge in [0.2, 0.25) is 18.2 Å². The number of nitrogens with one attached hydrogen (secondary N) is 3. The van der Waals surface area contributed by atoms with Crippen molar-refractivity contribution in [3.8, 4) is 0 Å². The predicted octanol–water partition coefficient (Wildman–Crippen LogP) is -0.549. The van der Waals surface area contributed by atoms with E-state index >= 15 is 0 Å². The lowest BCUT2D eigenvalue weighted by Gasteiger charge is -2.24. The Hall–Kier alpha value is -1.61. The molecule has 0 aromatic rings. The molecule has 0 aliphatic rings. The Balaban J connectivity index is 5.05. The molecule has 0 rings (SSSR count). The number of thioether (sulfide) groups is 1. The van der Waals surface area contributed by atoms with Crippen molar-refractivity contribution >= 4 is 35.8 Å². The van der Waals surface area contributed by atoms with Crippen LogP contribution in [0.5, 0.6) is 0 Å². The summed E-state index contributed by atoms with van der Waals surface area (Å²) in [5.41, 5.74) is 0. The maximum absolute atomic E-state index is 12.4. The van der Waals surface area contributed by atoms with E-state index in [9.17, 15) is 24.3 Å². The maximum Gasteiger partial charge on any atom is 0.243 e. The first-order valence-electron chi connectivity index (χ1n) is 8.17. The van der Waals surface area contributed by atoms with Crippen LogP contribution in [-0.2, 0) is 19.2 Å². The summed E-state index contributed by atoms with van der Waals surface area (Å²) in [6.45, 7) is 4.56. The van der Waals surface area contributed by atoms with Crippen LogP contribution in [0, 0.1) is 5.92 Å². The molecule has 0 aromatic heterocycles. The lowest BCUT2D eigenvalue weighted by Crippen LogP contribution is -2.55. The predicted molar refractivity (Wildman–Crippen MR) is 97.1 cm³/mol. The molecule has 3 amide bonds. The summed E-state index contributed by atoms with van der Waals surface area (Å²) in [7, 11) is 0. The Morgan fingerprint density at radius 2 is 1.64 bits per heavy atom. The number of carbonyl (C=O) groups is 4. The molecule has 8 nitrogen and oxygen atoms in total. The van der Waals surface area contributed by atoms with Crippen molar-refractivity contribution in [3.63, 3.8) is 0 Å².